The molecule has 2 amide bonds. The molecule has 0 spiro atoms. The summed E-state index contributed by atoms with van der Waals surface area (Å²) in [6.45, 7) is 1.47. The zero-order chi connectivity index (χ0) is 16.9. The highest BCUT2D eigenvalue weighted by atomic mass is 32.1. The fraction of sp³-hybridized carbons (Fsp3) is 0.375. The molecule has 1 fully saturated rings. The molecule has 1 aliphatic heterocycles. The van der Waals surface area contributed by atoms with E-state index in [1.165, 1.54) is 11.3 Å². The van der Waals surface area contributed by atoms with E-state index >= 15 is 0 Å². The molecule has 0 radical (unpaired) electrons. The first kappa shape index (κ1) is 16.7. The van der Waals surface area contributed by atoms with Gasteiger partial charge in [0.25, 0.3) is 0 Å². The highest BCUT2D eigenvalue weighted by Crippen LogP contribution is 2.27. The lowest BCUT2D eigenvalue weighted by molar-refractivity contribution is 0.162. The molecule has 128 valence electrons. The van der Waals surface area contributed by atoms with E-state index in [2.05, 4.69) is 20.9 Å². The Hall–Kier alpha value is -2.16. The van der Waals surface area contributed by atoms with Crippen molar-refractivity contribution in [3.8, 4) is 16.3 Å². The molecule has 0 bridgehead atoms. The minimum Gasteiger partial charge on any atom is -0.497 e. The maximum Gasteiger partial charge on any atom is 0.315 e. The normalized spacial score (nSPS) is 19.9. The Kier molecular flexibility index (Phi) is 5.29. The predicted octanol–water partition coefficient (Wildman–Crippen LogP) is 0.951. The van der Waals surface area contributed by atoms with E-state index in [9.17, 15) is 9.90 Å². The highest BCUT2D eigenvalue weighted by molar-refractivity contribution is 7.15. The van der Waals surface area contributed by atoms with E-state index in [-0.39, 0.29) is 12.1 Å². The van der Waals surface area contributed by atoms with Gasteiger partial charge in [0.15, 0.2) is 0 Å². The average Bonchev–Trinajstić information content (AvgIpc) is 3.23. The largest absolute Gasteiger partial charge is 0.497 e. The molecular weight excluding hydrogens is 328 g/mol. The van der Waals surface area contributed by atoms with Gasteiger partial charge in [-0.2, -0.15) is 0 Å². The molecule has 0 unspecified atom stereocenters. The fourth-order valence-corrected chi connectivity index (χ4v) is 3.33. The van der Waals surface area contributed by atoms with Crippen LogP contribution < -0.4 is 20.7 Å². The second-order valence-electron chi connectivity index (χ2n) is 5.52. The topological polar surface area (TPSA) is 95.5 Å². The van der Waals surface area contributed by atoms with Gasteiger partial charge in [-0.15, -0.1) is 11.3 Å². The number of ether oxygens (including phenoxy) is 1. The molecule has 1 aromatic heterocycles. The zero-order valence-electron chi connectivity index (χ0n) is 13.3. The van der Waals surface area contributed by atoms with E-state index in [4.69, 9.17) is 4.74 Å². The van der Waals surface area contributed by atoms with Crippen LogP contribution in [-0.4, -0.2) is 48.5 Å². The number of hydrogen-bond donors (Lipinski definition) is 4. The Balaban J connectivity index is 1.55. The summed E-state index contributed by atoms with van der Waals surface area (Å²) >= 11 is 1.52. The number of rotatable bonds is 5. The fourth-order valence-electron chi connectivity index (χ4n) is 2.48. The molecule has 24 heavy (non-hydrogen) atoms. The second-order valence-corrected chi connectivity index (χ2v) is 6.64. The summed E-state index contributed by atoms with van der Waals surface area (Å²) < 4.78 is 5.22. The third-order valence-electron chi connectivity index (χ3n) is 3.79. The summed E-state index contributed by atoms with van der Waals surface area (Å²) in [5, 5.41) is 19.1. The van der Waals surface area contributed by atoms with E-state index in [0.717, 1.165) is 21.2 Å². The number of nitrogens with one attached hydrogen (secondary N) is 3. The van der Waals surface area contributed by atoms with Crippen LogP contribution >= 0.6 is 11.3 Å². The third kappa shape index (κ3) is 4.02. The number of benzene rings is 1. The smallest absolute Gasteiger partial charge is 0.315 e. The van der Waals surface area contributed by atoms with Crippen molar-refractivity contribution in [3.05, 3.63) is 35.3 Å². The number of methoxy groups -OCH3 is 1. The van der Waals surface area contributed by atoms with Crippen LogP contribution in [0.1, 0.15) is 4.88 Å². The number of aromatic nitrogens is 1. The van der Waals surface area contributed by atoms with Crippen molar-refractivity contribution in [2.75, 3.05) is 20.2 Å². The lowest BCUT2D eigenvalue weighted by atomic mass is 10.2. The van der Waals surface area contributed by atoms with Crippen LogP contribution in [0.5, 0.6) is 5.75 Å². The van der Waals surface area contributed by atoms with Crippen molar-refractivity contribution in [1.82, 2.24) is 20.9 Å². The Morgan fingerprint density at radius 3 is 3.12 bits per heavy atom. The van der Waals surface area contributed by atoms with E-state index in [0.29, 0.717) is 19.6 Å². The van der Waals surface area contributed by atoms with Crippen molar-refractivity contribution < 1.29 is 14.6 Å². The number of aliphatic hydroxyl groups is 1. The molecule has 2 atom stereocenters. The van der Waals surface area contributed by atoms with Crippen molar-refractivity contribution in [2.24, 2.45) is 0 Å². The van der Waals surface area contributed by atoms with Crippen LogP contribution in [0, 0.1) is 0 Å². The van der Waals surface area contributed by atoms with Gasteiger partial charge in [0.1, 0.15) is 10.8 Å². The van der Waals surface area contributed by atoms with E-state index in [1.54, 1.807) is 13.3 Å². The van der Waals surface area contributed by atoms with Crippen LogP contribution in [0.25, 0.3) is 10.6 Å². The van der Waals surface area contributed by atoms with Crippen molar-refractivity contribution >= 4 is 17.4 Å². The molecular formula is C16H20N4O3S. The number of nitrogens with zero attached hydrogens (tertiary/aromatic N) is 1. The molecule has 3 rings (SSSR count). The van der Waals surface area contributed by atoms with Crippen LogP contribution in [0.2, 0.25) is 0 Å². The van der Waals surface area contributed by atoms with E-state index < -0.39 is 6.10 Å². The maximum atomic E-state index is 11.9. The first-order valence-electron chi connectivity index (χ1n) is 7.68. The molecule has 1 aromatic carbocycles. The van der Waals surface area contributed by atoms with Gasteiger partial charge < -0.3 is 25.8 Å². The number of amides is 2. The maximum absolute atomic E-state index is 11.9. The molecule has 1 saturated heterocycles. The van der Waals surface area contributed by atoms with Gasteiger partial charge in [-0.05, 0) is 12.1 Å². The lowest BCUT2D eigenvalue weighted by Crippen LogP contribution is -2.47. The Bertz CT molecular complexity index is 706. The van der Waals surface area contributed by atoms with Gasteiger partial charge in [-0.25, -0.2) is 9.78 Å². The lowest BCUT2D eigenvalue weighted by Gasteiger charge is -2.15. The summed E-state index contributed by atoms with van der Waals surface area (Å²) in [6.07, 6.45) is 1.21. The van der Waals surface area contributed by atoms with Crippen molar-refractivity contribution in [2.45, 2.75) is 18.7 Å². The standard InChI is InChI=1S/C16H20N4O3S/c1-23-11-4-2-3-10(5-11)15-18-6-12(24-15)7-19-16(22)20-13-8-17-9-14(13)21/h2-6,13-14,17,21H,7-9H2,1H3,(H2,19,20,22)/t13-,14-/m1/s1. The number of aliphatic hydroxyl groups excluding tert-OH is 1. The minimum atomic E-state index is -0.543. The SMILES string of the molecule is COc1cccc(-c2ncc(CNC(=O)N[C@@H]3CNC[C@H]3O)s2)c1. The zero-order valence-corrected chi connectivity index (χ0v) is 14.1. The third-order valence-corrected chi connectivity index (χ3v) is 4.84. The van der Waals surface area contributed by atoms with Gasteiger partial charge in [-0.1, -0.05) is 12.1 Å². The van der Waals surface area contributed by atoms with Crippen LogP contribution in [0.15, 0.2) is 30.5 Å². The molecule has 8 heteroatoms. The quantitative estimate of drug-likeness (QED) is 0.645. The molecule has 2 aromatic rings. The van der Waals surface area contributed by atoms with Crippen LogP contribution in [0.3, 0.4) is 0 Å². The first-order valence-corrected chi connectivity index (χ1v) is 8.49. The molecule has 7 nitrogen and oxygen atoms in total. The van der Waals surface area contributed by atoms with Gasteiger partial charge in [-0.3, -0.25) is 0 Å². The van der Waals surface area contributed by atoms with Gasteiger partial charge in [0.05, 0.1) is 25.8 Å². The van der Waals surface area contributed by atoms with Gasteiger partial charge in [0, 0.05) is 29.7 Å². The number of hydrogen-bond acceptors (Lipinski definition) is 6. The first-order chi connectivity index (χ1) is 11.7. The summed E-state index contributed by atoms with van der Waals surface area (Å²) in [5.41, 5.74) is 0.982. The minimum absolute atomic E-state index is 0.251. The summed E-state index contributed by atoms with van der Waals surface area (Å²) in [5.74, 6) is 0.783. The molecule has 0 aliphatic carbocycles. The molecule has 2 heterocycles. The summed E-state index contributed by atoms with van der Waals surface area (Å²) in [7, 11) is 1.63. The number of urea groups is 1. The number of carbonyl (C=O) groups is 1. The summed E-state index contributed by atoms with van der Waals surface area (Å²) in [6, 6.07) is 7.16. The Morgan fingerprint density at radius 1 is 1.50 bits per heavy atom. The Morgan fingerprint density at radius 2 is 2.38 bits per heavy atom. The van der Waals surface area contributed by atoms with Gasteiger partial charge in [0.2, 0.25) is 0 Å². The summed E-state index contributed by atoms with van der Waals surface area (Å²) in [4.78, 5) is 17.2. The molecule has 0 saturated carbocycles. The van der Waals surface area contributed by atoms with Crippen molar-refractivity contribution in [3.63, 3.8) is 0 Å². The van der Waals surface area contributed by atoms with Crippen LogP contribution in [-0.2, 0) is 6.54 Å². The average molecular weight is 348 g/mol. The van der Waals surface area contributed by atoms with Crippen molar-refractivity contribution in [1.29, 1.82) is 0 Å². The van der Waals surface area contributed by atoms with Gasteiger partial charge >= 0.3 is 6.03 Å². The number of thiazole rings is 1. The Labute approximate surface area is 144 Å². The number of β-amino-alcohol motifs (C(OH)–C–C–N with tert-alkyl or cyclic N) is 1. The van der Waals surface area contributed by atoms with Crippen LogP contribution in [0.4, 0.5) is 4.79 Å². The monoisotopic (exact) mass is 348 g/mol. The second kappa shape index (κ2) is 7.61. The highest BCUT2D eigenvalue weighted by Gasteiger charge is 2.26. The number of carbonyl (C=O) groups excluding carboxylic acids is 1. The van der Waals surface area contributed by atoms with E-state index in [1.807, 2.05) is 24.3 Å². The molecule has 4 N–H and O–H groups in total. The predicted molar refractivity (Wildman–Crippen MR) is 92.1 cm³/mol. The molecule has 1 aliphatic rings.